The first-order valence-corrected chi connectivity index (χ1v) is 9.72. The van der Waals surface area contributed by atoms with Crippen LogP contribution in [0.25, 0.3) is 6.08 Å². The predicted molar refractivity (Wildman–Crippen MR) is 114 cm³/mol. The number of nitrogens with zero attached hydrogens (tertiary/aromatic N) is 6. The summed E-state index contributed by atoms with van der Waals surface area (Å²) in [6.07, 6.45) is 7.89. The third-order valence-corrected chi connectivity index (χ3v) is 4.95. The maximum atomic E-state index is 12.9. The van der Waals surface area contributed by atoms with Gasteiger partial charge in [0.25, 0.3) is 5.91 Å². The maximum Gasteiger partial charge on any atom is 0.276 e. The quantitative estimate of drug-likeness (QED) is 0.581. The molecule has 0 aromatic carbocycles. The van der Waals surface area contributed by atoms with Crippen LogP contribution in [0.5, 0.6) is 0 Å². The van der Waals surface area contributed by atoms with E-state index in [0.29, 0.717) is 17.9 Å². The Morgan fingerprint density at radius 2 is 1.60 bits per heavy atom. The number of nitrogens with one attached hydrogen (secondary N) is 2. The fraction of sp³-hybridized carbons (Fsp3) is 0.350. The summed E-state index contributed by atoms with van der Waals surface area (Å²) in [4.78, 5) is 25.3. The van der Waals surface area contributed by atoms with E-state index in [2.05, 4.69) is 25.9 Å². The maximum absolute atomic E-state index is 12.9. The number of amides is 2. The molecule has 0 saturated carbocycles. The lowest BCUT2D eigenvalue weighted by atomic mass is 10.2. The van der Waals surface area contributed by atoms with E-state index in [1.807, 2.05) is 32.4 Å². The molecule has 2 N–H and O–H groups in total. The third-order valence-electron chi connectivity index (χ3n) is 4.95. The van der Waals surface area contributed by atoms with Gasteiger partial charge in [0.05, 0.1) is 35.7 Å². The fourth-order valence-corrected chi connectivity index (χ4v) is 3.04. The van der Waals surface area contributed by atoms with E-state index in [9.17, 15) is 9.59 Å². The zero-order chi connectivity index (χ0) is 21.8. The van der Waals surface area contributed by atoms with Crippen molar-refractivity contribution in [1.82, 2.24) is 29.3 Å². The van der Waals surface area contributed by atoms with Crippen LogP contribution in [0.1, 0.15) is 41.3 Å². The standard InChI is InChI=1S/C20H26N8O2/c1-6-27-13(3)15(10-22-27)8-9-18(29)24-17-12-23-28(7-2)19(17)20(30)25-16-11-21-26(5)14(16)4/h8-12H,6-7H2,1-5H3,(H,24,29)(H,25,30)/b9-8+. The number of aromatic nitrogens is 6. The molecule has 0 bridgehead atoms. The highest BCUT2D eigenvalue weighted by Gasteiger charge is 2.20. The molecule has 3 aromatic rings. The molecule has 0 spiro atoms. The van der Waals surface area contributed by atoms with Gasteiger partial charge in [-0.05, 0) is 33.8 Å². The molecule has 0 aliphatic heterocycles. The van der Waals surface area contributed by atoms with Gasteiger partial charge in [-0.25, -0.2) is 0 Å². The molecule has 10 nitrogen and oxygen atoms in total. The summed E-state index contributed by atoms with van der Waals surface area (Å²) in [7, 11) is 1.80. The third kappa shape index (κ3) is 4.17. The summed E-state index contributed by atoms with van der Waals surface area (Å²) in [6, 6.07) is 0. The first kappa shape index (κ1) is 21.0. The van der Waals surface area contributed by atoms with Crippen LogP contribution in [0.2, 0.25) is 0 Å². The summed E-state index contributed by atoms with van der Waals surface area (Å²) in [5.41, 5.74) is 3.88. The number of rotatable bonds is 7. The number of aryl methyl sites for hydroxylation is 3. The number of anilines is 2. The molecule has 10 heteroatoms. The summed E-state index contributed by atoms with van der Waals surface area (Å²) in [6.45, 7) is 8.93. The monoisotopic (exact) mass is 410 g/mol. The normalized spacial score (nSPS) is 11.2. The first-order chi connectivity index (χ1) is 14.3. The minimum absolute atomic E-state index is 0.275. The molecule has 3 rings (SSSR count). The van der Waals surface area contributed by atoms with Crippen LogP contribution >= 0.6 is 0 Å². The molecule has 0 atom stereocenters. The molecular weight excluding hydrogens is 384 g/mol. The molecule has 3 aromatic heterocycles. The zero-order valence-electron chi connectivity index (χ0n) is 17.8. The van der Waals surface area contributed by atoms with E-state index >= 15 is 0 Å². The lowest BCUT2D eigenvalue weighted by Gasteiger charge is -2.09. The molecule has 30 heavy (non-hydrogen) atoms. The molecule has 0 fully saturated rings. The molecule has 158 valence electrons. The second-order valence-electron chi connectivity index (χ2n) is 6.77. The van der Waals surface area contributed by atoms with Crippen LogP contribution in [-0.2, 0) is 24.9 Å². The Hall–Kier alpha value is -3.69. The Kier molecular flexibility index (Phi) is 6.14. The van der Waals surface area contributed by atoms with Crippen LogP contribution in [0.4, 0.5) is 11.4 Å². The Labute approximate surface area is 174 Å². The Balaban J connectivity index is 1.77. The Morgan fingerprint density at radius 3 is 2.20 bits per heavy atom. The zero-order valence-corrected chi connectivity index (χ0v) is 17.8. The summed E-state index contributed by atoms with van der Waals surface area (Å²) >= 11 is 0. The van der Waals surface area contributed by atoms with Gasteiger partial charge in [-0.15, -0.1) is 0 Å². The topological polar surface area (TPSA) is 112 Å². The number of carbonyl (C=O) groups is 2. The second-order valence-corrected chi connectivity index (χ2v) is 6.77. The molecule has 2 amide bonds. The smallest absolute Gasteiger partial charge is 0.276 e. The van der Waals surface area contributed by atoms with Gasteiger partial charge in [0.15, 0.2) is 0 Å². The summed E-state index contributed by atoms with van der Waals surface area (Å²) in [5.74, 6) is -0.731. The molecular formula is C20H26N8O2. The molecule has 3 heterocycles. The van der Waals surface area contributed by atoms with E-state index in [1.54, 1.807) is 30.2 Å². The second kappa shape index (κ2) is 8.76. The largest absolute Gasteiger partial charge is 0.319 e. The van der Waals surface area contributed by atoms with Gasteiger partial charge in [-0.2, -0.15) is 15.3 Å². The predicted octanol–water partition coefficient (Wildman–Crippen LogP) is 2.37. The van der Waals surface area contributed by atoms with E-state index in [4.69, 9.17) is 0 Å². The summed E-state index contributed by atoms with van der Waals surface area (Å²) < 4.78 is 5.06. The Bertz CT molecular complexity index is 1100. The van der Waals surface area contributed by atoms with Crippen molar-refractivity contribution in [2.45, 2.75) is 40.8 Å². The average molecular weight is 410 g/mol. The van der Waals surface area contributed by atoms with Crippen LogP contribution in [0.15, 0.2) is 24.7 Å². The number of hydrogen-bond acceptors (Lipinski definition) is 5. The van der Waals surface area contributed by atoms with Crippen molar-refractivity contribution in [2.24, 2.45) is 7.05 Å². The van der Waals surface area contributed by atoms with Gasteiger partial charge >= 0.3 is 0 Å². The van der Waals surface area contributed by atoms with E-state index < -0.39 is 0 Å². The highest BCUT2D eigenvalue weighted by Crippen LogP contribution is 2.19. The van der Waals surface area contributed by atoms with Crippen molar-refractivity contribution in [3.8, 4) is 0 Å². The van der Waals surface area contributed by atoms with Crippen molar-refractivity contribution < 1.29 is 9.59 Å². The van der Waals surface area contributed by atoms with Crippen molar-refractivity contribution in [3.05, 3.63) is 47.3 Å². The van der Waals surface area contributed by atoms with Gasteiger partial charge in [-0.3, -0.25) is 23.6 Å². The number of carbonyl (C=O) groups excluding carboxylic acids is 2. The van der Waals surface area contributed by atoms with Crippen molar-refractivity contribution >= 4 is 29.3 Å². The molecule has 0 radical (unpaired) electrons. The highest BCUT2D eigenvalue weighted by atomic mass is 16.2. The van der Waals surface area contributed by atoms with Crippen LogP contribution in [0.3, 0.4) is 0 Å². The lowest BCUT2D eigenvalue weighted by Crippen LogP contribution is -2.20. The highest BCUT2D eigenvalue weighted by molar-refractivity contribution is 6.10. The average Bonchev–Trinajstić information content (AvgIpc) is 3.39. The van der Waals surface area contributed by atoms with Crippen LogP contribution < -0.4 is 10.6 Å². The Morgan fingerprint density at radius 1 is 0.933 bits per heavy atom. The van der Waals surface area contributed by atoms with E-state index in [-0.39, 0.29) is 17.5 Å². The van der Waals surface area contributed by atoms with Crippen LogP contribution in [-0.4, -0.2) is 41.2 Å². The van der Waals surface area contributed by atoms with Gasteiger partial charge in [-0.1, -0.05) is 0 Å². The van der Waals surface area contributed by atoms with E-state index in [1.165, 1.54) is 17.0 Å². The van der Waals surface area contributed by atoms with Crippen molar-refractivity contribution in [1.29, 1.82) is 0 Å². The lowest BCUT2D eigenvalue weighted by molar-refractivity contribution is -0.111. The van der Waals surface area contributed by atoms with E-state index in [0.717, 1.165) is 23.5 Å². The number of hydrogen-bond donors (Lipinski definition) is 2. The summed E-state index contributed by atoms with van der Waals surface area (Å²) in [5, 5.41) is 18.2. The van der Waals surface area contributed by atoms with Crippen molar-refractivity contribution in [2.75, 3.05) is 10.6 Å². The van der Waals surface area contributed by atoms with Crippen molar-refractivity contribution in [3.63, 3.8) is 0 Å². The van der Waals surface area contributed by atoms with Gasteiger partial charge in [0.2, 0.25) is 5.91 Å². The molecule has 0 saturated heterocycles. The SMILES string of the molecule is CCn1ncc(/C=C/C(=O)Nc2cnn(CC)c2C(=O)Nc2cnn(C)c2C)c1C. The van der Waals surface area contributed by atoms with Crippen LogP contribution in [0, 0.1) is 13.8 Å². The van der Waals surface area contributed by atoms with Gasteiger partial charge in [0.1, 0.15) is 5.69 Å². The minimum atomic E-state index is -0.371. The molecule has 0 unspecified atom stereocenters. The molecule has 0 aliphatic rings. The fourth-order valence-electron chi connectivity index (χ4n) is 3.04. The molecule has 0 aliphatic carbocycles. The van der Waals surface area contributed by atoms with Gasteiger partial charge in [0, 0.05) is 37.5 Å². The minimum Gasteiger partial charge on any atom is -0.319 e. The van der Waals surface area contributed by atoms with Gasteiger partial charge < -0.3 is 10.6 Å². The first-order valence-electron chi connectivity index (χ1n) is 9.72.